The summed E-state index contributed by atoms with van der Waals surface area (Å²) in [6.07, 6.45) is 10.5. The topological polar surface area (TPSA) is 52.6 Å². The van der Waals surface area contributed by atoms with Gasteiger partial charge in [-0.05, 0) is 65.5 Å². The van der Waals surface area contributed by atoms with Gasteiger partial charge in [0.1, 0.15) is 5.54 Å². The maximum absolute atomic E-state index is 11.4. The number of carboxylic acids is 1. The number of nitrogens with zero attached hydrogens (tertiary/aromatic N) is 1. The van der Waals surface area contributed by atoms with Crippen molar-refractivity contribution in [2.75, 3.05) is 13.6 Å². The molecule has 0 heterocycles. The molecule has 1 unspecified atom stereocenters. The summed E-state index contributed by atoms with van der Waals surface area (Å²) < 4.78 is 0. The van der Waals surface area contributed by atoms with Crippen molar-refractivity contribution in [2.24, 2.45) is 0 Å². The van der Waals surface area contributed by atoms with Crippen LogP contribution in [0.25, 0.3) is 0 Å². The molecule has 2 N–H and O–H groups in total. The van der Waals surface area contributed by atoms with E-state index in [1.807, 2.05) is 6.92 Å². The normalized spacial score (nSPS) is 23.1. The van der Waals surface area contributed by atoms with Gasteiger partial charge in [0.15, 0.2) is 0 Å². The molecule has 0 bridgehead atoms. The summed E-state index contributed by atoms with van der Waals surface area (Å²) in [5.74, 6) is -0.700. The quantitative estimate of drug-likeness (QED) is 0.638. The molecule has 0 aromatic heterocycles. The third kappa shape index (κ3) is 4.45. The average Bonchev–Trinajstić information content (AvgIpc) is 3.04. The number of unbranched alkanes of at least 4 members (excludes halogenated alkanes) is 1. The number of nitrogens with one attached hydrogen (secondary N) is 1. The van der Waals surface area contributed by atoms with Gasteiger partial charge in [0.25, 0.3) is 0 Å². The summed E-state index contributed by atoms with van der Waals surface area (Å²) in [6, 6.07) is 1.21. The van der Waals surface area contributed by atoms with Crippen LogP contribution in [0.1, 0.15) is 64.7 Å². The molecule has 4 nitrogen and oxygen atoms in total. The summed E-state index contributed by atoms with van der Waals surface area (Å²) in [4.78, 5) is 13.9. The van der Waals surface area contributed by atoms with Crippen LogP contribution in [0, 0.1) is 0 Å². The Morgan fingerprint density at radius 2 is 1.90 bits per heavy atom. The number of aliphatic carboxylic acids is 1. The second-order valence-corrected chi connectivity index (χ2v) is 6.93. The zero-order chi connectivity index (χ0) is 14.6. The minimum Gasteiger partial charge on any atom is -0.480 e. The molecule has 20 heavy (non-hydrogen) atoms. The molecule has 2 aliphatic carbocycles. The molecule has 0 aromatic carbocycles. The molecule has 116 valence electrons. The maximum Gasteiger partial charge on any atom is 0.323 e. The second-order valence-electron chi connectivity index (χ2n) is 6.93. The average molecular weight is 282 g/mol. The van der Waals surface area contributed by atoms with Gasteiger partial charge in [-0.2, -0.15) is 0 Å². The predicted octanol–water partition coefficient (Wildman–Crippen LogP) is 2.63. The zero-order valence-corrected chi connectivity index (χ0v) is 13.0. The van der Waals surface area contributed by atoms with Gasteiger partial charge >= 0.3 is 5.97 Å². The number of hydrogen-bond acceptors (Lipinski definition) is 3. The Kier molecular flexibility index (Phi) is 5.44. The van der Waals surface area contributed by atoms with E-state index in [0.29, 0.717) is 6.04 Å². The Hall–Kier alpha value is -0.610. The summed E-state index contributed by atoms with van der Waals surface area (Å²) in [5.41, 5.74) is -0.729. The van der Waals surface area contributed by atoms with Crippen LogP contribution in [-0.2, 0) is 4.79 Å². The Balaban J connectivity index is 1.66. The van der Waals surface area contributed by atoms with Gasteiger partial charge in [-0.25, -0.2) is 0 Å². The van der Waals surface area contributed by atoms with Crippen LogP contribution in [-0.4, -0.2) is 47.2 Å². The van der Waals surface area contributed by atoms with Gasteiger partial charge < -0.3 is 10.0 Å². The fourth-order valence-corrected chi connectivity index (χ4v) is 3.29. The first-order valence-electron chi connectivity index (χ1n) is 8.22. The first kappa shape index (κ1) is 15.8. The number of carbonyl (C=O) groups is 1. The van der Waals surface area contributed by atoms with E-state index in [1.165, 1.54) is 25.7 Å². The van der Waals surface area contributed by atoms with E-state index in [-0.39, 0.29) is 0 Å². The molecule has 4 heteroatoms. The van der Waals surface area contributed by atoms with Gasteiger partial charge in [-0.1, -0.05) is 12.8 Å². The standard InChI is InChI=1S/C16H30N2O2/c1-16(15(19)20,17-13-9-10-13)11-5-6-12-18(2)14-7-3-4-8-14/h13-14,17H,3-12H2,1-2H3,(H,19,20). The van der Waals surface area contributed by atoms with Gasteiger partial charge in [-0.15, -0.1) is 0 Å². The van der Waals surface area contributed by atoms with Crippen molar-refractivity contribution in [3.63, 3.8) is 0 Å². The molecule has 0 aromatic rings. The summed E-state index contributed by atoms with van der Waals surface area (Å²) >= 11 is 0. The van der Waals surface area contributed by atoms with E-state index in [4.69, 9.17) is 0 Å². The van der Waals surface area contributed by atoms with Crippen LogP contribution in [0.3, 0.4) is 0 Å². The Morgan fingerprint density at radius 3 is 2.45 bits per heavy atom. The number of hydrogen-bond donors (Lipinski definition) is 2. The molecule has 0 radical (unpaired) electrons. The number of rotatable bonds is 9. The Bertz CT molecular complexity index is 324. The van der Waals surface area contributed by atoms with Crippen molar-refractivity contribution in [3.05, 3.63) is 0 Å². The van der Waals surface area contributed by atoms with Gasteiger partial charge in [0.2, 0.25) is 0 Å². The minimum atomic E-state index is -0.729. The highest BCUT2D eigenvalue weighted by atomic mass is 16.4. The molecular formula is C16H30N2O2. The van der Waals surface area contributed by atoms with Crippen molar-refractivity contribution < 1.29 is 9.90 Å². The largest absolute Gasteiger partial charge is 0.480 e. The summed E-state index contributed by atoms with van der Waals surface area (Å²) in [5, 5.41) is 12.7. The lowest BCUT2D eigenvalue weighted by molar-refractivity contribution is -0.144. The smallest absolute Gasteiger partial charge is 0.323 e. The van der Waals surface area contributed by atoms with Gasteiger partial charge in [0, 0.05) is 12.1 Å². The molecule has 0 saturated heterocycles. The second kappa shape index (κ2) is 6.90. The first-order chi connectivity index (χ1) is 9.51. The van der Waals surface area contributed by atoms with E-state index < -0.39 is 11.5 Å². The Morgan fingerprint density at radius 1 is 1.25 bits per heavy atom. The van der Waals surface area contributed by atoms with Crippen molar-refractivity contribution in [1.29, 1.82) is 0 Å². The van der Waals surface area contributed by atoms with Crippen LogP contribution in [0.2, 0.25) is 0 Å². The lowest BCUT2D eigenvalue weighted by Crippen LogP contribution is -2.50. The fourth-order valence-electron chi connectivity index (χ4n) is 3.29. The van der Waals surface area contributed by atoms with Crippen molar-refractivity contribution in [2.45, 2.75) is 82.3 Å². The molecule has 0 aliphatic heterocycles. The van der Waals surface area contributed by atoms with E-state index in [1.54, 1.807) is 0 Å². The highest BCUT2D eigenvalue weighted by Crippen LogP contribution is 2.26. The summed E-state index contributed by atoms with van der Waals surface area (Å²) in [6.45, 7) is 2.94. The van der Waals surface area contributed by atoms with E-state index in [2.05, 4.69) is 17.3 Å². The van der Waals surface area contributed by atoms with Crippen LogP contribution in [0.5, 0.6) is 0 Å². The fraction of sp³-hybridized carbons (Fsp3) is 0.938. The number of carboxylic acid groups (broad SMARTS) is 1. The SMILES string of the molecule is CN(CCCCC(C)(NC1CC1)C(=O)O)C1CCCC1. The van der Waals surface area contributed by atoms with Gasteiger partial charge in [0.05, 0.1) is 0 Å². The Labute approximate surface area is 122 Å². The first-order valence-corrected chi connectivity index (χ1v) is 8.22. The van der Waals surface area contributed by atoms with Crippen LogP contribution < -0.4 is 5.32 Å². The van der Waals surface area contributed by atoms with Crippen LogP contribution in [0.15, 0.2) is 0 Å². The predicted molar refractivity (Wildman–Crippen MR) is 80.9 cm³/mol. The third-order valence-corrected chi connectivity index (χ3v) is 4.96. The molecule has 0 spiro atoms. The monoisotopic (exact) mass is 282 g/mol. The van der Waals surface area contributed by atoms with Crippen molar-refractivity contribution in [3.8, 4) is 0 Å². The van der Waals surface area contributed by atoms with Crippen molar-refractivity contribution in [1.82, 2.24) is 10.2 Å². The minimum absolute atomic E-state index is 0.442. The van der Waals surface area contributed by atoms with Crippen LogP contribution in [0.4, 0.5) is 0 Å². The zero-order valence-electron chi connectivity index (χ0n) is 13.0. The third-order valence-electron chi connectivity index (χ3n) is 4.96. The summed E-state index contributed by atoms with van der Waals surface area (Å²) in [7, 11) is 2.22. The lowest BCUT2D eigenvalue weighted by Gasteiger charge is -2.28. The van der Waals surface area contributed by atoms with E-state index in [9.17, 15) is 9.90 Å². The molecule has 2 rings (SSSR count). The maximum atomic E-state index is 11.4. The van der Waals surface area contributed by atoms with E-state index in [0.717, 1.165) is 44.7 Å². The highest BCUT2D eigenvalue weighted by molar-refractivity contribution is 5.78. The molecule has 1 atom stereocenters. The molecular weight excluding hydrogens is 252 g/mol. The molecule has 0 amide bonds. The lowest BCUT2D eigenvalue weighted by atomic mass is 9.94. The van der Waals surface area contributed by atoms with Gasteiger partial charge in [-0.3, -0.25) is 10.1 Å². The molecule has 2 saturated carbocycles. The highest BCUT2D eigenvalue weighted by Gasteiger charge is 2.37. The molecule has 2 fully saturated rings. The molecule has 2 aliphatic rings. The van der Waals surface area contributed by atoms with E-state index >= 15 is 0 Å². The van der Waals surface area contributed by atoms with Crippen LogP contribution >= 0.6 is 0 Å². The van der Waals surface area contributed by atoms with Crippen molar-refractivity contribution >= 4 is 5.97 Å².